The second-order valence-electron chi connectivity index (χ2n) is 6.34. The fraction of sp³-hybridized carbons (Fsp3) is 0.933. The molecule has 1 amide bonds. The summed E-state index contributed by atoms with van der Waals surface area (Å²) < 4.78 is 0. The van der Waals surface area contributed by atoms with Crippen LogP contribution in [0.25, 0.3) is 0 Å². The van der Waals surface area contributed by atoms with Crippen molar-refractivity contribution in [2.45, 2.75) is 76.4 Å². The number of nitrogens with one attached hydrogen (secondary N) is 1. The van der Waals surface area contributed by atoms with Gasteiger partial charge in [0.1, 0.15) is 0 Å². The Morgan fingerprint density at radius 1 is 1.42 bits per heavy atom. The van der Waals surface area contributed by atoms with Gasteiger partial charge in [0.05, 0.1) is 12.2 Å². The van der Waals surface area contributed by atoms with Crippen LogP contribution in [0.5, 0.6) is 0 Å². The van der Waals surface area contributed by atoms with Crippen LogP contribution in [0.15, 0.2) is 0 Å². The van der Waals surface area contributed by atoms with Gasteiger partial charge in [-0.25, -0.2) is 0 Å². The molecular weight excluding hydrogens is 256 g/mol. The van der Waals surface area contributed by atoms with Crippen LogP contribution in [0.2, 0.25) is 0 Å². The molecule has 19 heavy (non-hydrogen) atoms. The van der Waals surface area contributed by atoms with Gasteiger partial charge in [-0.05, 0) is 44.3 Å². The summed E-state index contributed by atoms with van der Waals surface area (Å²) in [7, 11) is 0. The zero-order chi connectivity index (χ0) is 14.0. The Hall–Kier alpha value is -0.220. The number of nitrogens with zero attached hydrogens (tertiary/aromatic N) is 1. The van der Waals surface area contributed by atoms with Crippen molar-refractivity contribution in [1.29, 1.82) is 0 Å². The first-order valence-electron chi connectivity index (χ1n) is 7.67. The summed E-state index contributed by atoms with van der Waals surface area (Å²) in [5, 5.41) is 4.30. The van der Waals surface area contributed by atoms with E-state index in [2.05, 4.69) is 37.2 Å². The van der Waals surface area contributed by atoms with E-state index in [1.807, 2.05) is 11.8 Å². The van der Waals surface area contributed by atoms with Crippen LogP contribution in [0.4, 0.5) is 0 Å². The smallest absolute Gasteiger partial charge is 0.241 e. The van der Waals surface area contributed by atoms with Crippen LogP contribution in [0, 0.1) is 5.92 Å². The molecule has 1 saturated carbocycles. The topological polar surface area (TPSA) is 32.3 Å². The second kappa shape index (κ2) is 6.49. The minimum absolute atomic E-state index is 0.0529. The number of thioether (sulfide) groups is 1. The van der Waals surface area contributed by atoms with Crippen molar-refractivity contribution in [1.82, 2.24) is 10.2 Å². The molecule has 0 aromatic rings. The number of amides is 1. The Balaban J connectivity index is 2.07. The maximum atomic E-state index is 12.6. The van der Waals surface area contributed by atoms with E-state index >= 15 is 0 Å². The molecule has 110 valence electrons. The molecule has 1 heterocycles. The normalized spacial score (nSPS) is 35.6. The highest BCUT2D eigenvalue weighted by Gasteiger charge is 2.43. The molecular formula is C15H28N2OS. The van der Waals surface area contributed by atoms with E-state index in [9.17, 15) is 4.79 Å². The summed E-state index contributed by atoms with van der Waals surface area (Å²) in [6.45, 7) is 6.58. The third-order valence-corrected chi connectivity index (χ3v) is 5.56. The van der Waals surface area contributed by atoms with E-state index in [0.717, 1.165) is 18.1 Å². The van der Waals surface area contributed by atoms with Crippen LogP contribution in [0.3, 0.4) is 0 Å². The lowest BCUT2D eigenvalue weighted by Crippen LogP contribution is -2.44. The number of carbonyl (C=O) groups excluding carboxylic acids is 1. The Morgan fingerprint density at radius 2 is 2.16 bits per heavy atom. The van der Waals surface area contributed by atoms with Crippen molar-refractivity contribution >= 4 is 17.7 Å². The van der Waals surface area contributed by atoms with Gasteiger partial charge < -0.3 is 4.90 Å². The Morgan fingerprint density at radius 3 is 2.68 bits per heavy atom. The molecule has 0 spiro atoms. The van der Waals surface area contributed by atoms with Gasteiger partial charge in [-0.2, -0.15) is 11.8 Å². The van der Waals surface area contributed by atoms with Gasteiger partial charge >= 0.3 is 0 Å². The van der Waals surface area contributed by atoms with E-state index in [0.29, 0.717) is 17.9 Å². The lowest BCUT2D eigenvalue weighted by atomic mass is 10.1. The molecule has 1 saturated heterocycles. The number of carbonyl (C=O) groups is 1. The minimum atomic E-state index is 0.0529. The van der Waals surface area contributed by atoms with E-state index in [-0.39, 0.29) is 12.2 Å². The zero-order valence-electron chi connectivity index (χ0n) is 12.7. The van der Waals surface area contributed by atoms with Crippen molar-refractivity contribution in [2.24, 2.45) is 5.92 Å². The van der Waals surface area contributed by atoms with Gasteiger partial charge in [-0.15, -0.1) is 0 Å². The minimum Gasteiger partial charge on any atom is -0.323 e. The largest absolute Gasteiger partial charge is 0.323 e. The van der Waals surface area contributed by atoms with E-state index < -0.39 is 0 Å². The van der Waals surface area contributed by atoms with Crippen LogP contribution < -0.4 is 5.32 Å². The predicted molar refractivity (Wildman–Crippen MR) is 82.2 cm³/mol. The molecule has 4 atom stereocenters. The molecule has 2 rings (SSSR count). The zero-order valence-corrected chi connectivity index (χ0v) is 13.5. The summed E-state index contributed by atoms with van der Waals surface area (Å²) in [4.78, 5) is 14.8. The fourth-order valence-corrected chi connectivity index (χ4v) is 4.24. The first-order valence-corrected chi connectivity index (χ1v) is 8.96. The van der Waals surface area contributed by atoms with E-state index in [4.69, 9.17) is 0 Å². The number of hydrogen-bond acceptors (Lipinski definition) is 3. The predicted octanol–water partition coefficient (Wildman–Crippen LogP) is 2.85. The lowest BCUT2D eigenvalue weighted by molar-refractivity contribution is -0.132. The van der Waals surface area contributed by atoms with Crippen LogP contribution in [0.1, 0.15) is 52.9 Å². The maximum absolute atomic E-state index is 12.6. The second-order valence-corrected chi connectivity index (χ2v) is 7.48. The fourth-order valence-electron chi connectivity index (χ4n) is 3.46. The molecule has 0 radical (unpaired) electrons. The van der Waals surface area contributed by atoms with Crippen molar-refractivity contribution in [3.63, 3.8) is 0 Å². The molecule has 1 N–H and O–H groups in total. The summed E-state index contributed by atoms with van der Waals surface area (Å²) in [6, 6.07) is 0.523. The highest BCUT2D eigenvalue weighted by molar-refractivity contribution is 7.99. The quantitative estimate of drug-likeness (QED) is 0.842. The summed E-state index contributed by atoms with van der Waals surface area (Å²) >= 11 is 1.96. The van der Waals surface area contributed by atoms with Crippen molar-refractivity contribution in [3.05, 3.63) is 0 Å². The highest BCUT2D eigenvalue weighted by atomic mass is 32.2. The summed E-state index contributed by atoms with van der Waals surface area (Å²) in [5.74, 6) is 0.973. The van der Waals surface area contributed by atoms with E-state index in [1.165, 1.54) is 19.3 Å². The van der Waals surface area contributed by atoms with Crippen LogP contribution in [-0.2, 0) is 4.79 Å². The molecule has 3 nitrogen and oxygen atoms in total. The van der Waals surface area contributed by atoms with Gasteiger partial charge in [0.15, 0.2) is 0 Å². The molecule has 4 unspecified atom stereocenters. The molecule has 2 aliphatic rings. The van der Waals surface area contributed by atoms with Gasteiger partial charge in [-0.3, -0.25) is 10.1 Å². The maximum Gasteiger partial charge on any atom is 0.241 e. The van der Waals surface area contributed by atoms with Gasteiger partial charge in [-0.1, -0.05) is 20.8 Å². The summed E-state index contributed by atoms with van der Waals surface area (Å²) in [5.41, 5.74) is 0. The van der Waals surface area contributed by atoms with E-state index in [1.54, 1.807) is 0 Å². The van der Waals surface area contributed by atoms with Gasteiger partial charge in [0.25, 0.3) is 0 Å². The highest BCUT2D eigenvalue weighted by Crippen LogP contribution is 2.35. The van der Waals surface area contributed by atoms with Gasteiger partial charge in [0, 0.05) is 11.3 Å². The third-order valence-electron chi connectivity index (χ3n) is 4.47. The Labute approximate surface area is 121 Å². The molecule has 1 aliphatic heterocycles. The number of rotatable bonds is 5. The van der Waals surface area contributed by atoms with Crippen LogP contribution >= 0.6 is 11.8 Å². The summed E-state index contributed by atoms with van der Waals surface area (Å²) in [6.07, 6.45) is 8.07. The molecule has 0 aromatic heterocycles. The Bertz CT molecular complexity index is 321. The standard InChI is InChI=1S/C15H28N2OS/c1-5-13-15(18)17(14(16-13)8-10(2)3)11-6-7-12(9-11)19-4/h10-14,16H,5-9H2,1-4H3. The average molecular weight is 284 g/mol. The lowest BCUT2D eigenvalue weighted by Gasteiger charge is -2.31. The molecule has 2 fully saturated rings. The SMILES string of the molecule is CCC1NC(CC(C)C)N(C2CCC(SC)C2)C1=O. The molecule has 4 heteroatoms. The first-order chi connectivity index (χ1) is 9.06. The van der Waals surface area contributed by atoms with Crippen LogP contribution in [-0.4, -0.2) is 40.6 Å². The number of hydrogen-bond donors (Lipinski definition) is 1. The van der Waals surface area contributed by atoms with Gasteiger partial charge in [0.2, 0.25) is 5.91 Å². The first kappa shape index (κ1) is 15.2. The monoisotopic (exact) mass is 284 g/mol. The van der Waals surface area contributed by atoms with Crippen molar-refractivity contribution < 1.29 is 4.79 Å². The average Bonchev–Trinajstić information content (AvgIpc) is 2.93. The van der Waals surface area contributed by atoms with Crippen molar-refractivity contribution in [2.75, 3.05) is 6.26 Å². The molecule has 0 aromatic carbocycles. The van der Waals surface area contributed by atoms with Crippen molar-refractivity contribution in [3.8, 4) is 0 Å². The molecule has 1 aliphatic carbocycles. The Kier molecular flexibility index (Phi) is 5.18. The third kappa shape index (κ3) is 3.27. The molecule has 0 bridgehead atoms.